The van der Waals surface area contributed by atoms with Crippen LogP contribution < -0.4 is 5.32 Å². The Labute approximate surface area is 116 Å². The number of hydrogen-bond acceptors (Lipinski definition) is 3. The molecule has 20 heavy (non-hydrogen) atoms. The van der Waals surface area contributed by atoms with E-state index in [1.807, 2.05) is 12.3 Å². The predicted molar refractivity (Wildman–Crippen MR) is 76.0 cm³/mol. The van der Waals surface area contributed by atoms with Gasteiger partial charge in [0.2, 0.25) is 0 Å². The summed E-state index contributed by atoms with van der Waals surface area (Å²) < 4.78 is 5.11. The molecule has 0 bridgehead atoms. The highest BCUT2D eigenvalue weighted by Crippen LogP contribution is 2.26. The molecule has 1 atom stereocenters. The number of rotatable bonds is 2. The molecule has 100 valence electrons. The van der Waals surface area contributed by atoms with Gasteiger partial charge < -0.3 is 14.7 Å². The number of imidazole rings is 1. The van der Waals surface area contributed by atoms with Crippen LogP contribution in [0.25, 0.3) is 11.3 Å². The van der Waals surface area contributed by atoms with Crippen LogP contribution in [0.5, 0.6) is 0 Å². The van der Waals surface area contributed by atoms with Gasteiger partial charge >= 0.3 is 0 Å². The monoisotopic (exact) mass is 265 g/mol. The molecule has 4 heteroatoms. The first-order chi connectivity index (χ1) is 9.90. The van der Waals surface area contributed by atoms with E-state index in [1.165, 1.54) is 11.1 Å². The second-order valence-corrected chi connectivity index (χ2v) is 5.10. The molecule has 0 saturated heterocycles. The van der Waals surface area contributed by atoms with Gasteiger partial charge in [-0.15, -0.1) is 0 Å². The molecule has 0 fully saturated rings. The fraction of sp³-hybridized carbons (Fsp3) is 0.188. The predicted octanol–water partition coefficient (Wildman–Crippen LogP) is 3.06. The third kappa shape index (κ3) is 1.94. The van der Waals surface area contributed by atoms with E-state index in [0.29, 0.717) is 0 Å². The zero-order valence-corrected chi connectivity index (χ0v) is 11.0. The number of aromatic nitrogens is 2. The van der Waals surface area contributed by atoms with Crippen LogP contribution in [0.1, 0.15) is 23.0 Å². The largest absolute Gasteiger partial charge is 0.472 e. The Morgan fingerprint density at radius 3 is 2.90 bits per heavy atom. The van der Waals surface area contributed by atoms with Gasteiger partial charge in [0.1, 0.15) is 5.82 Å². The average Bonchev–Trinajstić information content (AvgIpc) is 3.17. The molecule has 0 aliphatic carbocycles. The molecule has 0 saturated carbocycles. The molecule has 4 nitrogen and oxygen atoms in total. The van der Waals surface area contributed by atoms with Crippen molar-refractivity contribution in [2.45, 2.75) is 19.0 Å². The Hall–Kier alpha value is -2.33. The van der Waals surface area contributed by atoms with Gasteiger partial charge in [0.05, 0.1) is 30.5 Å². The lowest BCUT2D eigenvalue weighted by molar-refractivity contribution is 0.480. The Bertz CT molecular complexity index is 715. The van der Waals surface area contributed by atoms with E-state index >= 15 is 0 Å². The number of H-pyrrole nitrogens is 1. The molecule has 0 spiro atoms. The fourth-order valence-corrected chi connectivity index (χ4v) is 2.73. The molecule has 2 aromatic heterocycles. The first-order valence-corrected chi connectivity index (χ1v) is 6.78. The normalized spacial score (nSPS) is 17.9. The first kappa shape index (κ1) is 11.5. The van der Waals surface area contributed by atoms with Crippen molar-refractivity contribution >= 4 is 0 Å². The quantitative estimate of drug-likeness (QED) is 0.748. The van der Waals surface area contributed by atoms with Crippen molar-refractivity contribution in [3.8, 4) is 11.3 Å². The van der Waals surface area contributed by atoms with Gasteiger partial charge in [-0.25, -0.2) is 4.98 Å². The van der Waals surface area contributed by atoms with Crippen molar-refractivity contribution < 1.29 is 4.42 Å². The van der Waals surface area contributed by atoms with Crippen molar-refractivity contribution in [3.05, 3.63) is 66.0 Å². The van der Waals surface area contributed by atoms with Crippen LogP contribution in [-0.2, 0) is 13.0 Å². The molecule has 1 aliphatic heterocycles. The zero-order chi connectivity index (χ0) is 13.4. The van der Waals surface area contributed by atoms with Crippen LogP contribution >= 0.6 is 0 Å². The fourth-order valence-electron chi connectivity index (χ4n) is 2.73. The molecule has 1 aliphatic rings. The maximum atomic E-state index is 5.11. The van der Waals surface area contributed by atoms with Crippen LogP contribution in [0.15, 0.2) is 53.5 Å². The maximum Gasteiger partial charge on any atom is 0.124 e. The molecule has 1 unspecified atom stereocenters. The van der Waals surface area contributed by atoms with Crippen LogP contribution in [-0.4, -0.2) is 9.97 Å². The minimum absolute atomic E-state index is 0.241. The Morgan fingerprint density at radius 2 is 2.05 bits per heavy atom. The third-order valence-corrected chi connectivity index (χ3v) is 3.84. The Kier molecular flexibility index (Phi) is 2.67. The third-order valence-electron chi connectivity index (χ3n) is 3.84. The summed E-state index contributed by atoms with van der Waals surface area (Å²) in [7, 11) is 0. The van der Waals surface area contributed by atoms with E-state index in [-0.39, 0.29) is 6.04 Å². The minimum atomic E-state index is 0.241. The summed E-state index contributed by atoms with van der Waals surface area (Å²) in [4.78, 5) is 7.89. The second kappa shape index (κ2) is 4.65. The molecule has 0 amide bonds. The van der Waals surface area contributed by atoms with Crippen LogP contribution in [0.3, 0.4) is 0 Å². The van der Waals surface area contributed by atoms with Crippen molar-refractivity contribution in [1.29, 1.82) is 0 Å². The number of benzene rings is 1. The van der Waals surface area contributed by atoms with Gasteiger partial charge in [0.25, 0.3) is 0 Å². The van der Waals surface area contributed by atoms with Crippen molar-refractivity contribution in [2.24, 2.45) is 0 Å². The molecule has 3 aromatic rings. The lowest BCUT2D eigenvalue weighted by Gasteiger charge is -2.24. The lowest BCUT2D eigenvalue weighted by atomic mass is 9.96. The molecule has 2 N–H and O–H groups in total. The summed E-state index contributed by atoms with van der Waals surface area (Å²) in [6, 6.07) is 10.7. The molecule has 0 radical (unpaired) electrons. The highest BCUT2D eigenvalue weighted by molar-refractivity contribution is 5.56. The number of furan rings is 1. The van der Waals surface area contributed by atoms with Crippen molar-refractivity contribution in [1.82, 2.24) is 15.3 Å². The standard InChI is InChI=1S/C16H15N3O/c1-2-4-12-8-17-14(7-11(12)3-1)16-18-9-15(19-16)13-5-6-20-10-13/h1-6,9-10,14,17H,7-8H2,(H,18,19). The highest BCUT2D eigenvalue weighted by atomic mass is 16.3. The van der Waals surface area contributed by atoms with Gasteiger partial charge in [0.15, 0.2) is 0 Å². The lowest BCUT2D eigenvalue weighted by Crippen LogP contribution is -2.29. The topological polar surface area (TPSA) is 53.9 Å². The molecule has 4 rings (SSSR count). The molecule has 3 heterocycles. The average molecular weight is 265 g/mol. The van der Waals surface area contributed by atoms with Gasteiger partial charge in [-0.3, -0.25) is 0 Å². The SMILES string of the molecule is c1ccc2c(c1)CNC(c1ncc(-c3ccoc3)[nH]1)C2. The van der Waals surface area contributed by atoms with Crippen LogP contribution in [0.4, 0.5) is 0 Å². The van der Waals surface area contributed by atoms with E-state index in [1.54, 1.807) is 12.5 Å². The molecular formula is C16H15N3O. The first-order valence-electron chi connectivity index (χ1n) is 6.78. The van der Waals surface area contributed by atoms with Gasteiger partial charge in [-0.1, -0.05) is 24.3 Å². The summed E-state index contributed by atoms with van der Waals surface area (Å²) in [5, 5.41) is 3.53. The smallest absolute Gasteiger partial charge is 0.124 e. The van der Waals surface area contributed by atoms with E-state index < -0.39 is 0 Å². The van der Waals surface area contributed by atoms with Gasteiger partial charge in [-0.05, 0) is 23.6 Å². The van der Waals surface area contributed by atoms with Crippen LogP contribution in [0.2, 0.25) is 0 Å². The summed E-state index contributed by atoms with van der Waals surface area (Å²) in [5.74, 6) is 0.982. The summed E-state index contributed by atoms with van der Waals surface area (Å²) in [5.41, 5.74) is 4.80. The van der Waals surface area contributed by atoms with E-state index in [4.69, 9.17) is 4.42 Å². The highest BCUT2D eigenvalue weighted by Gasteiger charge is 2.21. The number of nitrogens with one attached hydrogen (secondary N) is 2. The van der Waals surface area contributed by atoms with Gasteiger partial charge in [0, 0.05) is 12.1 Å². The zero-order valence-electron chi connectivity index (χ0n) is 11.0. The molecule has 1 aromatic carbocycles. The van der Waals surface area contributed by atoms with Crippen LogP contribution in [0, 0.1) is 0 Å². The minimum Gasteiger partial charge on any atom is -0.472 e. The van der Waals surface area contributed by atoms with Crippen molar-refractivity contribution in [3.63, 3.8) is 0 Å². The molecular weight excluding hydrogens is 250 g/mol. The number of nitrogens with zero attached hydrogens (tertiary/aromatic N) is 1. The summed E-state index contributed by atoms with van der Waals surface area (Å²) in [6.07, 6.45) is 6.22. The second-order valence-electron chi connectivity index (χ2n) is 5.10. The number of hydrogen-bond donors (Lipinski definition) is 2. The maximum absolute atomic E-state index is 5.11. The van der Waals surface area contributed by atoms with Gasteiger partial charge in [-0.2, -0.15) is 0 Å². The van der Waals surface area contributed by atoms with Crippen molar-refractivity contribution in [2.75, 3.05) is 0 Å². The Morgan fingerprint density at radius 1 is 1.15 bits per heavy atom. The number of fused-ring (bicyclic) bond motifs is 1. The van der Waals surface area contributed by atoms with E-state index in [9.17, 15) is 0 Å². The van der Waals surface area contributed by atoms with E-state index in [2.05, 4.69) is 39.6 Å². The summed E-state index contributed by atoms with van der Waals surface area (Å²) >= 11 is 0. The summed E-state index contributed by atoms with van der Waals surface area (Å²) in [6.45, 7) is 0.891. The van der Waals surface area contributed by atoms with E-state index in [0.717, 1.165) is 30.0 Å². The number of aromatic amines is 1. The Balaban J connectivity index is 1.60.